The number of aromatic nitrogens is 1. The van der Waals surface area contributed by atoms with E-state index in [0.717, 1.165) is 32.1 Å². The van der Waals surface area contributed by atoms with Gasteiger partial charge in [-0.2, -0.15) is 0 Å². The van der Waals surface area contributed by atoms with Crippen LogP contribution in [0.2, 0.25) is 0 Å². The number of unbranched alkanes of at least 4 members (excludes halogenated alkanes) is 1. The predicted octanol–water partition coefficient (Wildman–Crippen LogP) is 4.99. The number of carbonyl (C=O) groups is 1. The summed E-state index contributed by atoms with van der Waals surface area (Å²) in [6.07, 6.45) is 8.78. The van der Waals surface area contributed by atoms with Crippen molar-refractivity contribution in [3.05, 3.63) is 58.9 Å². The third-order valence-electron chi connectivity index (χ3n) is 6.77. The second-order valence-corrected chi connectivity index (χ2v) is 9.79. The quantitative estimate of drug-likeness (QED) is 0.471. The molecule has 34 heavy (non-hydrogen) atoms. The van der Waals surface area contributed by atoms with Gasteiger partial charge >= 0.3 is 5.97 Å². The Bertz CT molecular complexity index is 961. The van der Waals surface area contributed by atoms with Gasteiger partial charge in [0.15, 0.2) is 0 Å². The molecule has 184 valence electrons. The summed E-state index contributed by atoms with van der Waals surface area (Å²) in [6.45, 7) is 5.94. The van der Waals surface area contributed by atoms with Gasteiger partial charge in [-0.15, -0.1) is 0 Å². The fourth-order valence-electron chi connectivity index (χ4n) is 5.10. The van der Waals surface area contributed by atoms with Crippen LogP contribution in [0.4, 0.5) is 0 Å². The molecule has 0 radical (unpaired) electrons. The fourth-order valence-corrected chi connectivity index (χ4v) is 5.10. The number of benzene rings is 1. The van der Waals surface area contributed by atoms with Crippen molar-refractivity contribution in [2.24, 2.45) is 0 Å². The molecule has 0 bridgehead atoms. The summed E-state index contributed by atoms with van der Waals surface area (Å²) in [4.78, 5) is 19.1. The lowest BCUT2D eigenvalue weighted by Gasteiger charge is -2.26. The molecule has 1 aromatic carbocycles. The number of aliphatic carboxylic acids is 1. The molecular formula is C28H38N2O4. The lowest BCUT2D eigenvalue weighted by molar-refractivity contribution is -0.143. The predicted molar refractivity (Wildman–Crippen MR) is 132 cm³/mol. The summed E-state index contributed by atoms with van der Waals surface area (Å²) in [6, 6.07) is 11.2. The van der Waals surface area contributed by atoms with Crippen LogP contribution < -0.4 is 4.74 Å². The molecule has 1 fully saturated rings. The van der Waals surface area contributed by atoms with Gasteiger partial charge in [-0.25, -0.2) is 0 Å². The summed E-state index contributed by atoms with van der Waals surface area (Å²) in [5, 5.41) is 10.0. The summed E-state index contributed by atoms with van der Waals surface area (Å²) >= 11 is 0. The highest BCUT2D eigenvalue weighted by atomic mass is 16.5. The van der Waals surface area contributed by atoms with Gasteiger partial charge in [-0.3, -0.25) is 14.7 Å². The van der Waals surface area contributed by atoms with E-state index < -0.39 is 12.0 Å². The monoisotopic (exact) mass is 466 g/mol. The van der Waals surface area contributed by atoms with Crippen molar-refractivity contribution in [1.29, 1.82) is 0 Å². The second kappa shape index (κ2) is 11.8. The van der Waals surface area contributed by atoms with E-state index >= 15 is 0 Å². The summed E-state index contributed by atoms with van der Waals surface area (Å²) in [5.41, 5.74) is 4.64. The van der Waals surface area contributed by atoms with Crippen molar-refractivity contribution in [1.82, 2.24) is 9.88 Å². The highest BCUT2D eigenvalue weighted by Crippen LogP contribution is 2.33. The maximum atomic E-state index is 12.2. The van der Waals surface area contributed by atoms with Crippen LogP contribution in [0.3, 0.4) is 0 Å². The Morgan fingerprint density at radius 3 is 2.79 bits per heavy atom. The molecule has 0 spiro atoms. The molecule has 2 aromatic rings. The van der Waals surface area contributed by atoms with Crippen LogP contribution in [0.15, 0.2) is 36.4 Å². The van der Waals surface area contributed by atoms with E-state index in [1.807, 2.05) is 43.0 Å². The number of hydrogen-bond donors (Lipinski definition) is 1. The Hall–Kier alpha value is -2.44. The number of fused-ring (bicyclic) bond motifs is 1. The van der Waals surface area contributed by atoms with E-state index in [4.69, 9.17) is 14.5 Å². The number of ether oxygens (including phenoxy) is 2. The summed E-state index contributed by atoms with van der Waals surface area (Å²) < 4.78 is 12.0. The number of nitrogens with zero attached hydrogens (tertiary/aromatic N) is 2. The minimum atomic E-state index is -0.849. The number of pyridine rings is 1. The van der Waals surface area contributed by atoms with Crippen molar-refractivity contribution >= 4 is 5.97 Å². The first kappa shape index (κ1) is 24.7. The van der Waals surface area contributed by atoms with Crippen LogP contribution in [0.5, 0.6) is 5.75 Å². The fraction of sp³-hybridized carbons (Fsp3) is 0.571. The Morgan fingerprint density at radius 2 is 1.97 bits per heavy atom. The van der Waals surface area contributed by atoms with Gasteiger partial charge in [0.05, 0.1) is 12.2 Å². The first-order chi connectivity index (χ1) is 16.5. The summed E-state index contributed by atoms with van der Waals surface area (Å²) in [7, 11) is 0. The lowest BCUT2D eigenvalue weighted by atomic mass is 9.95. The molecule has 0 amide bonds. The molecule has 0 saturated carbocycles. The topological polar surface area (TPSA) is 71.9 Å². The molecule has 2 heterocycles. The molecular weight excluding hydrogens is 428 g/mol. The molecule has 4 rings (SSSR count). The molecule has 2 aliphatic rings. The average Bonchev–Trinajstić information content (AvgIpc) is 3.27. The van der Waals surface area contributed by atoms with Crippen molar-refractivity contribution < 1.29 is 19.4 Å². The van der Waals surface area contributed by atoms with Gasteiger partial charge in [0.1, 0.15) is 11.8 Å². The van der Waals surface area contributed by atoms with Crippen LogP contribution in [0.1, 0.15) is 74.5 Å². The zero-order valence-corrected chi connectivity index (χ0v) is 20.5. The molecule has 1 aromatic heterocycles. The van der Waals surface area contributed by atoms with E-state index in [-0.39, 0.29) is 12.2 Å². The number of likely N-dealkylation sites (tertiary alicyclic amines) is 1. The third kappa shape index (κ3) is 6.36. The normalized spacial score (nSPS) is 19.2. The van der Waals surface area contributed by atoms with Crippen molar-refractivity contribution in [2.75, 3.05) is 19.7 Å². The highest BCUT2D eigenvalue weighted by Gasteiger charge is 2.35. The van der Waals surface area contributed by atoms with Crippen LogP contribution >= 0.6 is 0 Å². The van der Waals surface area contributed by atoms with Crippen LogP contribution in [0, 0.1) is 0 Å². The first-order valence-electron chi connectivity index (χ1n) is 12.8. The smallest absolute Gasteiger partial charge is 0.325 e. The second-order valence-electron chi connectivity index (χ2n) is 9.79. The third-order valence-corrected chi connectivity index (χ3v) is 6.77. The number of aryl methyl sites for hydroxylation is 3. The Kier molecular flexibility index (Phi) is 8.57. The first-order valence-corrected chi connectivity index (χ1v) is 12.8. The molecule has 1 N–H and O–H groups in total. The summed E-state index contributed by atoms with van der Waals surface area (Å²) in [5.74, 6) is -0.205. The van der Waals surface area contributed by atoms with Crippen molar-refractivity contribution in [3.8, 4) is 5.75 Å². The number of carboxylic acid groups (broad SMARTS) is 1. The molecule has 6 nitrogen and oxygen atoms in total. The van der Waals surface area contributed by atoms with Gasteiger partial charge < -0.3 is 14.6 Å². The largest absolute Gasteiger partial charge is 0.491 e. The molecule has 1 saturated heterocycles. The highest BCUT2D eigenvalue weighted by molar-refractivity contribution is 5.76. The molecule has 1 unspecified atom stereocenters. The molecule has 1 aliphatic heterocycles. The SMILES string of the molecule is CC(C)Oc1ccccc1C(C(=O)O)N1CC[C@@H](OCCCCc2ccc3c(n2)CCCC3)C1. The van der Waals surface area contributed by atoms with Crippen molar-refractivity contribution in [2.45, 2.75) is 83.5 Å². The average molecular weight is 467 g/mol. The zero-order chi connectivity index (χ0) is 23.9. The van der Waals surface area contributed by atoms with E-state index in [1.165, 1.54) is 36.2 Å². The van der Waals surface area contributed by atoms with Crippen LogP contribution in [-0.2, 0) is 28.8 Å². The number of rotatable bonds is 11. The van der Waals surface area contributed by atoms with E-state index in [1.54, 1.807) is 0 Å². The van der Waals surface area contributed by atoms with Crippen LogP contribution in [0.25, 0.3) is 0 Å². The Labute approximate surface area is 203 Å². The number of carboxylic acids is 1. The molecule has 2 atom stereocenters. The minimum absolute atomic E-state index is 0.0123. The Morgan fingerprint density at radius 1 is 1.15 bits per heavy atom. The van der Waals surface area contributed by atoms with Gasteiger partial charge in [0.2, 0.25) is 0 Å². The minimum Gasteiger partial charge on any atom is -0.491 e. The number of para-hydroxylation sites is 1. The maximum absolute atomic E-state index is 12.2. The standard InChI is InChI=1S/C28H38N2O4/c1-20(2)34-26-13-6-4-11-24(26)27(28(31)32)30-17-16-23(19-30)33-18-8-7-10-22-15-14-21-9-3-5-12-25(21)29-22/h4,6,11,13-15,20,23,27H,3,5,7-10,12,16-19H2,1-2H3,(H,31,32)/t23-,27?/m1/s1. The van der Waals surface area contributed by atoms with Gasteiger partial charge in [-0.05, 0) is 82.9 Å². The lowest BCUT2D eigenvalue weighted by Crippen LogP contribution is -2.34. The molecule has 1 aliphatic carbocycles. The van der Waals surface area contributed by atoms with Gasteiger partial charge in [-0.1, -0.05) is 24.3 Å². The van der Waals surface area contributed by atoms with Gasteiger partial charge in [0, 0.05) is 36.6 Å². The number of hydrogen-bond acceptors (Lipinski definition) is 5. The van der Waals surface area contributed by atoms with E-state index in [9.17, 15) is 9.90 Å². The zero-order valence-electron chi connectivity index (χ0n) is 20.5. The van der Waals surface area contributed by atoms with Crippen LogP contribution in [-0.4, -0.2) is 52.9 Å². The van der Waals surface area contributed by atoms with Crippen molar-refractivity contribution in [3.63, 3.8) is 0 Å². The molecule has 6 heteroatoms. The maximum Gasteiger partial charge on any atom is 0.325 e. The van der Waals surface area contributed by atoms with E-state index in [2.05, 4.69) is 12.1 Å². The van der Waals surface area contributed by atoms with Gasteiger partial charge in [0.25, 0.3) is 0 Å². The van der Waals surface area contributed by atoms with E-state index in [0.29, 0.717) is 31.0 Å². The Balaban J connectivity index is 1.24.